The van der Waals surface area contributed by atoms with E-state index in [-0.39, 0.29) is 30.2 Å². The second kappa shape index (κ2) is 11.1. The number of amides is 3. The van der Waals surface area contributed by atoms with E-state index in [4.69, 9.17) is 16.3 Å². The van der Waals surface area contributed by atoms with Crippen LogP contribution in [-0.2, 0) is 16.1 Å². The molecule has 6 nitrogen and oxygen atoms in total. The van der Waals surface area contributed by atoms with Crippen LogP contribution in [0, 0.1) is 6.92 Å². The second-order valence-electron chi connectivity index (χ2n) is 8.78. The molecule has 0 unspecified atom stereocenters. The summed E-state index contributed by atoms with van der Waals surface area (Å²) in [5.74, 6) is -0.127. The van der Waals surface area contributed by atoms with E-state index < -0.39 is 0 Å². The molecule has 0 atom stereocenters. The number of aryl methyl sites for hydroxylation is 1. The van der Waals surface area contributed by atoms with Gasteiger partial charge >= 0.3 is 0 Å². The molecular formula is C30H23ClN2O4S. The minimum atomic E-state index is -0.318. The Hall–Kier alpha value is -4.07. The van der Waals surface area contributed by atoms with Crippen LogP contribution in [0.5, 0.6) is 5.75 Å². The third kappa shape index (κ3) is 5.74. The molecule has 190 valence electrons. The topological polar surface area (TPSA) is 75.7 Å². The van der Waals surface area contributed by atoms with Crippen molar-refractivity contribution in [1.82, 2.24) is 4.90 Å². The Labute approximate surface area is 229 Å². The first kappa shape index (κ1) is 25.6. The number of hydrogen-bond donors (Lipinski definition) is 1. The molecular weight excluding hydrogens is 520 g/mol. The van der Waals surface area contributed by atoms with Gasteiger partial charge in [0.15, 0.2) is 6.61 Å². The second-order valence-corrected chi connectivity index (χ2v) is 10.2. The van der Waals surface area contributed by atoms with Gasteiger partial charge in [-0.1, -0.05) is 72.3 Å². The first-order chi connectivity index (χ1) is 18.4. The number of carbonyl (C=O) groups excluding carboxylic acids is 3. The largest absolute Gasteiger partial charge is 0.484 e. The van der Waals surface area contributed by atoms with Crippen molar-refractivity contribution in [2.75, 3.05) is 11.9 Å². The molecule has 5 rings (SSSR count). The lowest BCUT2D eigenvalue weighted by Gasteiger charge is -2.14. The molecule has 1 N–H and O–H groups in total. The number of imide groups is 1. The average molecular weight is 543 g/mol. The highest BCUT2D eigenvalue weighted by Crippen LogP contribution is 2.34. The Morgan fingerprint density at radius 2 is 1.76 bits per heavy atom. The predicted molar refractivity (Wildman–Crippen MR) is 152 cm³/mol. The lowest BCUT2D eigenvalue weighted by molar-refractivity contribution is -0.123. The molecule has 1 heterocycles. The van der Waals surface area contributed by atoms with Crippen LogP contribution in [0.25, 0.3) is 16.8 Å². The van der Waals surface area contributed by atoms with Crippen LogP contribution in [0.15, 0.2) is 89.8 Å². The van der Waals surface area contributed by atoms with Crippen molar-refractivity contribution in [2.24, 2.45) is 0 Å². The number of rotatable bonds is 7. The van der Waals surface area contributed by atoms with Crippen molar-refractivity contribution in [3.8, 4) is 5.75 Å². The van der Waals surface area contributed by atoms with Gasteiger partial charge < -0.3 is 10.1 Å². The van der Waals surface area contributed by atoms with Gasteiger partial charge in [-0.25, -0.2) is 0 Å². The van der Waals surface area contributed by atoms with Crippen LogP contribution < -0.4 is 10.1 Å². The van der Waals surface area contributed by atoms with Crippen LogP contribution in [0.4, 0.5) is 10.5 Å². The highest BCUT2D eigenvalue weighted by molar-refractivity contribution is 8.18. The maximum absolute atomic E-state index is 13.0. The molecule has 1 aliphatic heterocycles. The fourth-order valence-electron chi connectivity index (χ4n) is 4.07. The number of fused-ring (bicyclic) bond motifs is 1. The van der Waals surface area contributed by atoms with Crippen molar-refractivity contribution < 1.29 is 19.1 Å². The standard InChI is InChI=1S/C30H23ClN2O4S/c1-19-9-12-23(16-26(19)31)32-28(34)18-37-24-13-10-20(11-14-24)15-27-29(35)33(30(36)38-27)17-22-7-4-6-21-5-2-3-8-25(21)22/h2-16H,17-18H2,1H3,(H,32,34)/b27-15-. The maximum atomic E-state index is 13.0. The Bertz CT molecular complexity index is 1580. The van der Waals surface area contributed by atoms with Gasteiger partial charge in [-0.15, -0.1) is 0 Å². The van der Waals surface area contributed by atoms with E-state index in [1.54, 1.807) is 42.5 Å². The van der Waals surface area contributed by atoms with Crippen molar-refractivity contribution >= 4 is 63.0 Å². The highest BCUT2D eigenvalue weighted by atomic mass is 35.5. The van der Waals surface area contributed by atoms with E-state index in [1.807, 2.05) is 55.5 Å². The number of hydrogen-bond acceptors (Lipinski definition) is 5. The van der Waals surface area contributed by atoms with E-state index in [2.05, 4.69) is 5.32 Å². The van der Waals surface area contributed by atoms with Crippen LogP contribution in [-0.4, -0.2) is 28.6 Å². The Balaban J connectivity index is 1.20. The fourth-order valence-corrected chi connectivity index (χ4v) is 5.08. The summed E-state index contributed by atoms with van der Waals surface area (Å²) < 4.78 is 5.58. The summed E-state index contributed by atoms with van der Waals surface area (Å²) >= 11 is 7.02. The van der Waals surface area contributed by atoms with Crippen LogP contribution in [0.3, 0.4) is 0 Å². The van der Waals surface area contributed by atoms with Crippen molar-refractivity contribution in [3.63, 3.8) is 0 Å². The summed E-state index contributed by atoms with van der Waals surface area (Å²) in [6.45, 7) is 1.93. The minimum Gasteiger partial charge on any atom is -0.484 e. The lowest BCUT2D eigenvalue weighted by Crippen LogP contribution is -2.27. The number of anilines is 1. The van der Waals surface area contributed by atoms with Crippen molar-refractivity contribution in [1.29, 1.82) is 0 Å². The third-order valence-electron chi connectivity index (χ3n) is 6.09. The van der Waals surface area contributed by atoms with Gasteiger partial charge in [0.25, 0.3) is 17.1 Å². The Morgan fingerprint density at radius 3 is 2.55 bits per heavy atom. The zero-order valence-corrected chi connectivity index (χ0v) is 22.0. The SMILES string of the molecule is Cc1ccc(NC(=O)COc2ccc(/C=C3\SC(=O)N(Cc4cccc5ccccc45)C3=O)cc2)cc1Cl. The van der Waals surface area contributed by atoms with Gasteiger partial charge in [0.05, 0.1) is 11.4 Å². The van der Waals surface area contributed by atoms with E-state index >= 15 is 0 Å². The Kier molecular flexibility index (Phi) is 7.49. The van der Waals surface area contributed by atoms with E-state index in [0.29, 0.717) is 21.4 Å². The highest BCUT2D eigenvalue weighted by Gasteiger charge is 2.35. The maximum Gasteiger partial charge on any atom is 0.293 e. The minimum absolute atomic E-state index is 0.169. The van der Waals surface area contributed by atoms with Crippen LogP contribution in [0.1, 0.15) is 16.7 Å². The number of benzene rings is 4. The molecule has 0 spiro atoms. The summed E-state index contributed by atoms with van der Waals surface area (Å²) in [5, 5.41) is 5.10. The van der Waals surface area contributed by atoms with Crippen molar-refractivity contribution in [2.45, 2.75) is 13.5 Å². The van der Waals surface area contributed by atoms with Gasteiger partial charge in [0, 0.05) is 10.7 Å². The molecule has 1 saturated heterocycles. The third-order valence-corrected chi connectivity index (χ3v) is 7.40. The monoisotopic (exact) mass is 542 g/mol. The van der Waals surface area contributed by atoms with Gasteiger partial charge in [-0.2, -0.15) is 0 Å². The molecule has 4 aromatic carbocycles. The fraction of sp³-hybridized carbons (Fsp3) is 0.100. The summed E-state index contributed by atoms with van der Waals surface area (Å²) in [6, 6.07) is 26.0. The first-order valence-corrected chi connectivity index (χ1v) is 13.1. The number of halogens is 1. The zero-order chi connectivity index (χ0) is 26.6. The quantitative estimate of drug-likeness (QED) is 0.253. The zero-order valence-electron chi connectivity index (χ0n) is 20.4. The predicted octanol–water partition coefficient (Wildman–Crippen LogP) is 7.06. The molecule has 0 aromatic heterocycles. The van der Waals surface area contributed by atoms with Gasteiger partial charge in [0.2, 0.25) is 0 Å². The van der Waals surface area contributed by atoms with Crippen LogP contribution in [0.2, 0.25) is 5.02 Å². The summed E-state index contributed by atoms with van der Waals surface area (Å²) in [6.07, 6.45) is 1.69. The number of nitrogens with one attached hydrogen (secondary N) is 1. The molecule has 0 saturated carbocycles. The number of ether oxygens (including phenoxy) is 1. The van der Waals surface area contributed by atoms with E-state index in [0.717, 1.165) is 39.2 Å². The number of carbonyl (C=O) groups is 3. The normalized spacial score (nSPS) is 14.4. The molecule has 4 aromatic rings. The van der Waals surface area contributed by atoms with Gasteiger partial charge in [0.1, 0.15) is 5.75 Å². The van der Waals surface area contributed by atoms with Gasteiger partial charge in [-0.05, 0) is 76.5 Å². The Morgan fingerprint density at radius 1 is 1.00 bits per heavy atom. The smallest absolute Gasteiger partial charge is 0.293 e. The van der Waals surface area contributed by atoms with E-state index in [9.17, 15) is 14.4 Å². The number of thioether (sulfide) groups is 1. The molecule has 38 heavy (non-hydrogen) atoms. The lowest BCUT2D eigenvalue weighted by atomic mass is 10.0. The molecule has 8 heteroatoms. The van der Waals surface area contributed by atoms with Crippen molar-refractivity contribution in [3.05, 3.63) is 112 Å². The van der Waals surface area contributed by atoms with Gasteiger partial charge in [-0.3, -0.25) is 19.3 Å². The average Bonchev–Trinajstić information content (AvgIpc) is 3.18. The first-order valence-electron chi connectivity index (χ1n) is 11.9. The molecule has 0 aliphatic carbocycles. The molecule has 0 radical (unpaired) electrons. The van der Waals surface area contributed by atoms with E-state index in [1.165, 1.54) is 4.90 Å². The van der Waals surface area contributed by atoms with Crippen LogP contribution >= 0.6 is 23.4 Å². The summed E-state index contributed by atoms with van der Waals surface area (Å²) in [4.78, 5) is 39.5. The molecule has 0 bridgehead atoms. The summed E-state index contributed by atoms with van der Waals surface area (Å²) in [5.41, 5.74) is 3.18. The molecule has 1 fully saturated rings. The number of nitrogens with zero attached hydrogens (tertiary/aromatic N) is 1. The molecule has 3 amide bonds. The molecule has 1 aliphatic rings. The summed E-state index contributed by atoms with van der Waals surface area (Å²) in [7, 11) is 0.